The Bertz CT molecular complexity index is 1030. The number of fused-ring (bicyclic) bond motifs is 3. The molecule has 0 aromatic heterocycles. The summed E-state index contributed by atoms with van der Waals surface area (Å²) in [6.45, 7) is 3.02. The number of carbonyl (C=O) groups excluding carboxylic acids is 2. The van der Waals surface area contributed by atoms with Crippen molar-refractivity contribution in [2.24, 2.45) is 11.8 Å². The van der Waals surface area contributed by atoms with Crippen LogP contribution >= 0.6 is 0 Å². The molecule has 8 heteroatoms. The van der Waals surface area contributed by atoms with Crippen LogP contribution in [0, 0.1) is 11.8 Å². The second kappa shape index (κ2) is 11.4. The van der Waals surface area contributed by atoms with Gasteiger partial charge in [0.1, 0.15) is 6.61 Å². The number of amides is 2. The van der Waals surface area contributed by atoms with Crippen LogP contribution in [0.2, 0.25) is 0 Å². The maximum Gasteiger partial charge on any atom is 0.407 e. The number of benzene rings is 2. The van der Waals surface area contributed by atoms with Gasteiger partial charge in [0, 0.05) is 25.4 Å². The highest BCUT2D eigenvalue weighted by molar-refractivity contribution is 5.79. The molecule has 1 saturated heterocycles. The van der Waals surface area contributed by atoms with Crippen LogP contribution in [-0.4, -0.2) is 55.5 Å². The normalized spacial score (nSPS) is 19.5. The van der Waals surface area contributed by atoms with E-state index in [1.165, 1.54) is 11.1 Å². The standard InChI is InChI=1S/C27H32N2O6/c1-2-17(11-25(30)28-14-19-12-18(15-34-19)26(31)32)13-29-27(33)35-16-24-22-9-5-3-7-20(22)21-8-4-6-10-23(21)24/h3-10,17-19,24H,2,11-16H2,1H3,(H,28,30)(H,29,33)(H,31,32). The van der Waals surface area contributed by atoms with Gasteiger partial charge in [-0.15, -0.1) is 0 Å². The zero-order valence-electron chi connectivity index (χ0n) is 19.9. The summed E-state index contributed by atoms with van der Waals surface area (Å²) in [7, 11) is 0. The van der Waals surface area contributed by atoms with E-state index in [1.54, 1.807) is 0 Å². The molecule has 2 amide bonds. The Labute approximate surface area is 205 Å². The first-order chi connectivity index (χ1) is 17.0. The molecule has 186 valence electrons. The number of alkyl carbamates (subject to hydrolysis) is 1. The van der Waals surface area contributed by atoms with Crippen LogP contribution in [0.3, 0.4) is 0 Å². The van der Waals surface area contributed by atoms with Crippen molar-refractivity contribution in [2.45, 2.75) is 38.2 Å². The Morgan fingerprint density at radius 2 is 1.71 bits per heavy atom. The van der Waals surface area contributed by atoms with E-state index in [4.69, 9.17) is 14.6 Å². The van der Waals surface area contributed by atoms with Gasteiger partial charge in [-0.3, -0.25) is 9.59 Å². The number of carboxylic acid groups (broad SMARTS) is 1. The van der Waals surface area contributed by atoms with Crippen LogP contribution in [0.15, 0.2) is 48.5 Å². The Balaban J connectivity index is 1.20. The van der Waals surface area contributed by atoms with Crippen LogP contribution < -0.4 is 10.6 Å². The summed E-state index contributed by atoms with van der Waals surface area (Å²) < 4.78 is 11.0. The van der Waals surface area contributed by atoms with Gasteiger partial charge in [0.05, 0.1) is 18.6 Å². The third kappa shape index (κ3) is 6.00. The van der Waals surface area contributed by atoms with Gasteiger partial charge in [0.25, 0.3) is 0 Å². The fraction of sp³-hybridized carbons (Fsp3) is 0.444. The van der Waals surface area contributed by atoms with Crippen molar-refractivity contribution in [2.75, 3.05) is 26.3 Å². The van der Waals surface area contributed by atoms with Crippen LogP contribution in [-0.2, 0) is 19.1 Å². The fourth-order valence-electron chi connectivity index (χ4n) is 4.82. The highest BCUT2D eigenvalue weighted by Gasteiger charge is 2.31. The molecule has 0 radical (unpaired) electrons. The Morgan fingerprint density at radius 1 is 1.06 bits per heavy atom. The minimum Gasteiger partial charge on any atom is -0.481 e. The van der Waals surface area contributed by atoms with Crippen molar-refractivity contribution in [3.63, 3.8) is 0 Å². The SMILES string of the molecule is CCC(CNC(=O)OCC1c2ccccc2-c2ccccc21)CC(=O)NCC1CC(C(=O)O)CO1. The molecule has 2 aliphatic rings. The van der Waals surface area contributed by atoms with Crippen LogP contribution in [0.25, 0.3) is 11.1 Å². The Morgan fingerprint density at radius 3 is 2.31 bits per heavy atom. The van der Waals surface area contributed by atoms with E-state index in [0.29, 0.717) is 19.5 Å². The maximum absolute atomic E-state index is 12.4. The number of rotatable bonds is 10. The minimum absolute atomic E-state index is 0.000527. The topological polar surface area (TPSA) is 114 Å². The van der Waals surface area contributed by atoms with E-state index in [1.807, 2.05) is 31.2 Å². The van der Waals surface area contributed by atoms with Gasteiger partial charge >= 0.3 is 12.1 Å². The smallest absolute Gasteiger partial charge is 0.407 e. The summed E-state index contributed by atoms with van der Waals surface area (Å²) in [5, 5.41) is 14.6. The first kappa shape index (κ1) is 24.7. The number of aliphatic carboxylic acids is 1. The molecule has 1 fully saturated rings. The number of carbonyl (C=O) groups is 3. The zero-order valence-corrected chi connectivity index (χ0v) is 19.9. The van der Waals surface area contributed by atoms with Crippen LogP contribution in [0.1, 0.15) is 43.2 Å². The van der Waals surface area contributed by atoms with Gasteiger partial charge in [-0.05, 0) is 34.6 Å². The first-order valence-corrected chi connectivity index (χ1v) is 12.2. The quantitative estimate of drug-likeness (QED) is 0.479. The van der Waals surface area contributed by atoms with E-state index in [0.717, 1.165) is 17.5 Å². The average Bonchev–Trinajstić information content (AvgIpc) is 3.47. The molecular weight excluding hydrogens is 448 g/mol. The van der Waals surface area contributed by atoms with Gasteiger partial charge in [-0.2, -0.15) is 0 Å². The van der Waals surface area contributed by atoms with E-state index < -0.39 is 18.0 Å². The van der Waals surface area contributed by atoms with Gasteiger partial charge < -0.3 is 25.2 Å². The second-order valence-corrected chi connectivity index (χ2v) is 9.22. The predicted octanol–water partition coefficient (Wildman–Crippen LogP) is 3.55. The summed E-state index contributed by atoms with van der Waals surface area (Å²) in [6.07, 6.45) is 0.604. The average molecular weight is 481 g/mol. The first-order valence-electron chi connectivity index (χ1n) is 12.2. The lowest BCUT2D eigenvalue weighted by Crippen LogP contribution is -2.36. The number of carboxylic acids is 1. The predicted molar refractivity (Wildman–Crippen MR) is 130 cm³/mol. The summed E-state index contributed by atoms with van der Waals surface area (Å²) in [5.74, 6) is -1.56. The third-order valence-electron chi connectivity index (χ3n) is 6.89. The summed E-state index contributed by atoms with van der Waals surface area (Å²) >= 11 is 0. The van der Waals surface area contributed by atoms with E-state index in [9.17, 15) is 14.4 Å². The Hall–Kier alpha value is -3.39. The molecule has 3 unspecified atom stereocenters. The number of hydrogen-bond donors (Lipinski definition) is 3. The lowest BCUT2D eigenvalue weighted by molar-refractivity contribution is -0.141. The van der Waals surface area contributed by atoms with Crippen molar-refractivity contribution in [3.05, 3.63) is 59.7 Å². The number of ether oxygens (including phenoxy) is 2. The molecule has 1 heterocycles. The van der Waals surface area contributed by atoms with Gasteiger partial charge in [0.2, 0.25) is 5.91 Å². The molecule has 3 atom stereocenters. The highest BCUT2D eigenvalue weighted by Crippen LogP contribution is 2.44. The number of nitrogens with one attached hydrogen (secondary N) is 2. The molecule has 0 saturated carbocycles. The largest absolute Gasteiger partial charge is 0.481 e. The highest BCUT2D eigenvalue weighted by atomic mass is 16.5. The lowest BCUT2D eigenvalue weighted by Gasteiger charge is -2.18. The molecule has 1 aliphatic carbocycles. The third-order valence-corrected chi connectivity index (χ3v) is 6.89. The van der Waals surface area contributed by atoms with Crippen LogP contribution in [0.5, 0.6) is 0 Å². The molecule has 35 heavy (non-hydrogen) atoms. The summed E-state index contributed by atoms with van der Waals surface area (Å²) in [4.78, 5) is 35.8. The van der Waals surface area contributed by atoms with Crippen molar-refractivity contribution in [1.29, 1.82) is 0 Å². The Kier molecular flexibility index (Phi) is 8.02. The van der Waals surface area contributed by atoms with Gasteiger partial charge in [-0.1, -0.05) is 61.9 Å². The molecule has 4 rings (SSSR count). The van der Waals surface area contributed by atoms with Crippen molar-refractivity contribution in [1.82, 2.24) is 10.6 Å². The molecule has 2 aromatic rings. The summed E-state index contributed by atoms with van der Waals surface area (Å²) in [6, 6.07) is 16.4. The maximum atomic E-state index is 12.4. The van der Waals surface area contributed by atoms with Gasteiger partial charge in [0.15, 0.2) is 0 Å². The molecule has 0 bridgehead atoms. The van der Waals surface area contributed by atoms with Crippen LogP contribution in [0.4, 0.5) is 4.79 Å². The second-order valence-electron chi connectivity index (χ2n) is 9.22. The molecular formula is C27H32N2O6. The molecule has 8 nitrogen and oxygen atoms in total. The monoisotopic (exact) mass is 480 g/mol. The van der Waals surface area contributed by atoms with Crippen molar-refractivity contribution >= 4 is 18.0 Å². The van der Waals surface area contributed by atoms with E-state index >= 15 is 0 Å². The fourth-order valence-corrected chi connectivity index (χ4v) is 4.82. The molecule has 1 aliphatic heterocycles. The molecule has 2 aromatic carbocycles. The van der Waals surface area contributed by atoms with Gasteiger partial charge in [-0.25, -0.2) is 4.79 Å². The number of hydrogen-bond acceptors (Lipinski definition) is 5. The molecule has 0 spiro atoms. The molecule has 3 N–H and O–H groups in total. The zero-order chi connectivity index (χ0) is 24.8. The van der Waals surface area contributed by atoms with E-state index in [2.05, 4.69) is 34.9 Å². The lowest BCUT2D eigenvalue weighted by atomic mass is 9.98. The minimum atomic E-state index is -0.871. The van der Waals surface area contributed by atoms with Crippen molar-refractivity contribution in [3.8, 4) is 11.1 Å². The van der Waals surface area contributed by atoms with E-state index in [-0.39, 0.29) is 43.5 Å². The summed E-state index contributed by atoms with van der Waals surface area (Å²) in [5.41, 5.74) is 4.67. The van der Waals surface area contributed by atoms with Crippen molar-refractivity contribution < 1.29 is 29.0 Å².